The maximum Gasteiger partial charge on any atom is 0.235 e. The molecule has 4 rings (SSSR count). The predicted octanol–water partition coefficient (Wildman–Crippen LogP) is 4.92. The van der Waals surface area contributed by atoms with Crippen molar-refractivity contribution in [2.75, 3.05) is 11.1 Å². The fourth-order valence-electron chi connectivity index (χ4n) is 3.31. The summed E-state index contributed by atoms with van der Waals surface area (Å²) in [6.45, 7) is 4.08. The number of nitrogens with one attached hydrogen (secondary N) is 1. The highest BCUT2D eigenvalue weighted by Gasteiger charge is 2.31. The minimum absolute atomic E-state index is 0.0273. The van der Waals surface area contributed by atoms with Gasteiger partial charge in [-0.15, -0.1) is 11.8 Å². The van der Waals surface area contributed by atoms with Gasteiger partial charge in [-0.2, -0.15) is 5.10 Å². The van der Waals surface area contributed by atoms with Gasteiger partial charge in [-0.05, 0) is 37.1 Å². The summed E-state index contributed by atoms with van der Waals surface area (Å²) in [7, 11) is 0. The van der Waals surface area contributed by atoms with Crippen molar-refractivity contribution in [3.05, 3.63) is 75.9 Å². The Balaban J connectivity index is 1.94. The van der Waals surface area contributed by atoms with Crippen LogP contribution in [0.1, 0.15) is 27.6 Å². The van der Waals surface area contributed by atoms with Gasteiger partial charge in [0.05, 0.1) is 27.4 Å². The van der Waals surface area contributed by atoms with Gasteiger partial charge in [0, 0.05) is 5.56 Å². The van der Waals surface area contributed by atoms with Crippen LogP contribution in [0.3, 0.4) is 0 Å². The quantitative estimate of drug-likeness (QED) is 0.683. The van der Waals surface area contributed by atoms with E-state index in [0.717, 1.165) is 16.9 Å². The van der Waals surface area contributed by atoms with E-state index in [4.69, 9.17) is 16.7 Å². The third kappa shape index (κ3) is 2.91. The van der Waals surface area contributed by atoms with Gasteiger partial charge >= 0.3 is 0 Å². The molecule has 6 heteroatoms. The molecule has 26 heavy (non-hydrogen) atoms. The normalized spacial score (nSPS) is 16.7. The molecule has 1 aliphatic rings. The summed E-state index contributed by atoms with van der Waals surface area (Å²) in [5.74, 6) is 1.08. The van der Waals surface area contributed by atoms with Crippen molar-refractivity contribution in [2.24, 2.45) is 0 Å². The molecule has 1 amide bonds. The summed E-state index contributed by atoms with van der Waals surface area (Å²) in [4.78, 5) is 12.4. The first kappa shape index (κ1) is 17.2. The number of aryl methyl sites for hydroxylation is 2. The minimum Gasteiger partial charge on any atom is -0.310 e. The summed E-state index contributed by atoms with van der Waals surface area (Å²) in [6.07, 6.45) is 0. The van der Waals surface area contributed by atoms with E-state index in [2.05, 4.69) is 24.4 Å². The average Bonchev–Trinajstić information content (AvgIpc) is 2.82. The molecular weight excluding hydrogens is 366 g/mol. The average molecular weight is 384 g/mol. The Morgan fingerprint density at radius 2 is 1.88 bits per heavy atom. The second-order valence-corrected chi connectivity index (χ2v) is 7.81. The van der Waals surface area contributed by atoms with Crippen LogP contribution in [0.15, 0.2) is 48.5 Å². The van der Waals surface area contributed by atoms with Gasteiger partial charge in [0.15, 0.2) is 0 Å². The fraction of sp³-hybridized carbons (Fsp3) is 0.200. The molecule has 3 aromatic rings. The first-order valence-electron chi connectivity index (χ1n) is 8.37. The standard InChI is InChI=1S/C20H18ClN3OS/c1-12-7-3-4-8-14(12)19-18-13(2)23-24(16-10-6-5-9-15(16)21)20(18)22-17(25)11-26-19/h3-10,19H,11H2,1-2H3,(H,22,25). The maximum absolute atomic E-state index is 12.4. The number of amides is 1. The van der Waals surface area contributed by atoms with Crippen LogP contribution >= 0.6 is 23.4 Å². The van der Waals surface area contributed by atoms with Crippen molar-refractivity contribution < 1.29 is 4.79 Å². The molecule has 132 valence electrons. The smallest absolute Gasteiger partial charge is 0.235 e. The van der Waals surface area contributed by atoms with E-state index in [-0.39, 0.29) is 11.2 Å². The molecule has 1 aromatic heterocycles. The van der Waals surface area contributed by atoms with Gasteiger partial charge < -0.3 is 5.32 Å². The number of halogens is 1. The fourth-order valence-corrected chi connectivity index (χ4v) is 4.81. The van der Waals surface area contributed by atoms with E-state index >= 15 is 0 Å². The number of para-hydroxylation sites is 1. The number of aromatic nitrogens is 2. The number of rotatable bonds is 2. The van der Waals surface area contributed by atoms with Crippen LogP contribution in [0.4, 0.5) is 5.82 Å². The number of carbonyl (C=O) groups excluding carboxylic acids is 1. The van der Waals surface area contributed by atoms with E-state index in [9.17, 15) is 4.79 Å². The molecule has 4 nitrogen and oxygen atoms in total. The van der Waals surface area contributed by atoms with Gasteiger partial charge in [-0.25, -0.2) is 4.68 Å². The Hall–Kier alpha value is -2.24. The molecule has 0 fully saturated rings. The summed E-state index contributed by atoms with van der Waals surface area (Å²) in [6, 6.07) is 15.8. The molecule has 2 heterocycles. The molecule has 0 bridgehead atoms. The first-order chi connectivity index (χ1) is 12.6. The zero-order chi connectivity index (χ0) is 18.3. The Morgan fingerprint density at radius 3 is 2.65 bits per heavy atom. The largest absolute Gasteiger partial charge is 0.310 e. The molecule has 1 N–H and O–H groups in total. The Morgan fingerprint density at radius 1 is 1.15 bits per heavy atom. The van der Waals surface area contributed by atoms with Gasteiger partial charge in [0.25, 0.3) is 0 Å². The highest BCUT2D eigenvalue weighted by molar-refractivity contribution is 8.00. The van der Waals surface area contributed by atoms with Crippen molar-refractivity contribution in [1.82, 2.24) is 9.78 Å². The van der Waals surface area contributed by atoms with Crippen molar-refractivity contribution in [1.29, 1.82) is 0 Å². The zero-order valence-electron chi connectivity index (χ0n) is 14.5. The lowest BCUT2D eigenvalue weighted by Gasteiger charge is -2.17. The number of nitrogens with zero attached hydrogens (tertiary/aromatic N) is 2. The van der Waals surface area contributed by atoms with E-state index in [1.165, 1.54) is 11.1 Å². The van der Waals surface area contributed by atoms with Crippen molar-refractivity contribution in [3.63, 3.8) is 0 Å². The molecule has 1 atom stereocenters. The Bertz CT molecular complexity index is 998. The van der Waals surface area contributed by atoms with Crippen molar-refractivity contribution >= 4 is 35.1 Å². The van der Waals surface area contributed by atoms with Crippen LogP contribution in [-0.4, -0.2) is 21.4 Å². The number of fused-ring (bicyclic) bond motifs is 1. The lowest BCUT2D eigenvalue weighted by atomic mass is 10.00. The van der Waals surface area contributed by atoms with Gasteiger partial charge in [0.2, 0.25) is 5.91 Å². The highest BCUT2D eigenvalue weighted by Crippen LogP contribution is 2.45. The topological polar surface area (TPSA) is 46.9 Å². The van der Waals surface area contributed by atoms with Crippen LogP contribution in [0.2, 0.25) is 5.02 Å². The number of hydrogen-bond acceptors (Lipinski definition) is 3. The van der Waals surface area contributed by atoms with Crippen molar-refractivity contribution in [2.45, 2.75) is 19.1 Å². The number of hydrogen-bond donors (Lipinski definition) is 1. The highest BCUT2D eigenvalue weighted by atomic mass is 35.5. The summed E-state index contributed by atoms with van der Waals surface area (Å²) in [5.41, 5.74) is 5.10. The van der Waals surface area contributed by atoms with Crippen molar-refractivity contribution in [3.8, 4) is 5.69 Å². The van der Waals surface area contributed by atoms with Gasteiger partial charge in [-0.1, -0.05) is 48.0 Å². The maximum atomic E-state index is 12.4. The molecule has 1 unspecified atom stereocenters. The zero-order valence-corrected chi connectivity index (χ0v) is 16.1. The van der Waals surface area contributed by atoms with Crippen LogP contribution < -0.4 is 5.32 Å². The van der Waals surface area contributed by atoms with E-state index < -0.39 is 0 Å². The SMILES string of the molecule is Cc1ccccc1C1SCC(=O)Nc2c1c(C)nn2-c1ccccc1Cl. The number of carbonyl (C=O) groups is 1. The third-order valence-electron chi connectivity index (χ3n) is 4.56. The third-order valence-corrected chi connectivity index (χ3v) is 6.13. The monoisotopic (exact) mass is 383 g/mol. The second-order valence-electron chi connectivity index (χ2n) is 6.31. The molecule has 0 spiro atoms. The summed E-state index contributed by atoms with van der Waals surface area (Å²) < 4.78 is 1.75. The van der Waals surface area contributed by atoms with Gasteiger partial charge in [-0.3, -0.25) is 4.79 Å². The summed E-state index contributed by atoms with van der Waals surface area (Å²) in [5, 5.41) is 8.38. The number of benzene rings is 2. The second kappa shape index (κ2) is 6.82. The van der Waals surface area contributed by atoms with Crippen LogP contribution in [0.5, 0.6) is 0 Å². The lowest BCUT2D eigenvalue weighted by molar-refractivity contribution is -0.113. The van der Waals surface area contributed by atoms with E-state index in [0.29, 0.717) is 16.6 Å². The molecular formula is C20H18ClN3OS. The molecule has 2 aromatic carbocycles. The minimum atomic E-state index is -0.0273. The molecule has 0 saturated carbocycles. The molecule has 1 aliphatic heterocycles. The van der Waals surface area contributed by atoms with Crippen LogP contribution in [0, 0.1) is 13.8 Å². The lowest BCUT2D eigenvalue weighted by Crippen LogP contribution is -2.16. The number of anilines is 1. The molecule has 0 saturated heterocycles. The summed E-state index contributed by atoms with van der Waals surface area (Å²) >= 11 is 8.02. The molecule has 0 aliphatic carbocycles. The Labute approximate surface area is 161 Å². The van der Waals surface area contributed by atoms with E-state index in [1.807, 2.05) is 43.3 Å². The first-order valence-corrected chi connectivity index (χ1v) is 9.80. The molecule has 0 radical (unpaired) electrons. The Kier molecular flexibility index (Phi) is 4.51. The van der Waals surface area contributed by atoms with E-state index in [1.54, 1.807) is 16.4 Å². The van der Waals surface area contributed by atoms with Crippen LogP contribution in [-0.2, 0) is 4.79 Å². The van der Waals surface area contributed by atoms with Gasteiger partial charge in [0.1, 0.15) is 5.82 Å². The number of thioether (sulfide) groups is 1. The predicted molar refractivity (Wildman–Crippen MR) is 107 cm³/mol. The van der Waals surface area contributed by atoms with Crippen LogP contribution in [0.25, 0.3) is 5.69 Å².